The largest absolute Gasteiger partial charge is 0.383 e. The number of benzene rings is 1. The predicted molar refractivity (Wildman–Crippen MR) is 115 cm³/mol. The topological polar surface area (TPSA) is 101 Å². The number of halogens is 4. The third kappa shape index (κ3) is 3.26. The molecule has 1 amide bonds. The third-order valence-corrected chi connectivity index (χ3v) is 6.18. The van der Waals surface area contributed by atoms with Crippen molar-refractivity contribution in [2.75, 3.05) is 17.7 Å². The maximum absolute atomic E-state index is 14.3. The van der Waals surface area contributed by atoms with Crippen molar-refractivity contribution >= 4 is 40.9 Å². The Bertz CT molecular complexity index is 1320. The van der Waals surface area contributed by atoms with E-state index >= 15 is 0 Å². The van der Waals surface area contributed by atoms with Gasteiger partial charge in [-0.1, -0.05) is 0 Å². The zero-order valence-corrected chi connectivity index (χ0v) is 18.3. The Morgan fingerprint density at radius 2 is 1.97 bits per heavy atom. The van der Waals surface area contributed by atoms with Gasteiger partial charge < -0.3 is 11.1 Å². The number of nitrogens with one attached hydrogen (secondary N) is 2. The molecular formula is C21H18ClF3N7O+. The first kappa shape index (κ1) is 21.4. The molecule has 33 heavy (non-hydrogen) atoms. The van der Waals surface area contributed by atoms with Crippen molar-refractivity contribution < 1.29 is 22.9 Å². The number of quaternary nitrogens is 1. The van der Waals surface area contributed by atoms with Crippen LogP contribution >= 0.6 is 11.8 Å². The van der Waals surface area contributed by atoms with Crippen molar-refractivity contribution in [2.45, 2.75) is 25.7 Å². The van der Waals surface area contributed by atoms with Crippen LogP contribution in [-0.4, -0.2) is 32.8 Å². The smallest absolute Gasteiger partial charge is 0.235 e. The van der Waals surface area contributed by atoms with Gasteiger partial charge in [-0.25, -0.2) is 32.5 Å². The number of nitrogens with two attached hydrogens (primary N) is 1. The maximum atomic E-state index is 14.3. The molecule has 1 unspecified atom stereocenters. The fourth-order valence-electron chi connectivity index (χ4n) is 4.16. The van der Waals surface area contributed by atoms with E-state index in [4.69, 9.17) is 17.5 Å². The summed E-state index contributed by atoms with van der Waals surface area (Å²) in [5.41, 5.74) is 6.23. The fourth-order valence-corrected chi connectivity index (χ4v) is 4.34. The summed E-state index contributed by atoms with van der Waals surface area (Å²) in [6.07, 6.45) is 2.97. The number of nitrogen functional groups attached to an aromatic ring is 1. The lowest BCUT2D eigenvalue weighted by molar-refractivity contribution is -0.769. The van der Waals surface area contributed by atoms with Gasteiger partial charge in [-0.15, -0.1) is 0 Å². The van der Waals surface area contributed by atoms with Crippen molar-refractivity contribution in [2.24, 2.45) is 4.99 Å². The van der Waals surface area contributed by atoms with E-state index < -0.39 is 28.4 Å². The second kappa shape index (κ2) is 7.29. The Labute approximate surface area is 191 Å². The molecule has 0 fully saturated rings. The number of rotatable bonds is 3. The predicted octanol–water partition coefficient (Wildman–Crippen LogP) is 1.85. The molecule has 12 heteroatoms. The van der Waals surface area contributed by atoms with Crippen LogP contribution in [0.25, 0.3) is 5.70 Å². The summed E-state index contributed by atoms with van der Waals surface area (Å²) in [7, 11) is 0. The van der Waals surface area contributed by atoms with Gasteiger partial charge >= 0.3 is 0 Å². The molecule has 0 bridgehead atoms. The van der Waals surface area contributed by atoms with Crippen LogP contribution in [0.15, 0.2) is 35.1 Å². The van der Waals surface area contributed by atoms with Crippen LogP contribution in [-0.2, 0) is 16.6 Å². The lowest BCUT2D eigenvalue weighted by Gasteiger charge is -2.24. The maximum Gasteiger partial charge on any atom is 0.235 e. The van der Waals surface area contributed by atoms with Gasteiger partial charge in [0, 0.05) is 29.6 Å². The normalized spacial score (nSPS) is 20.7. The van der Waals surface area contributed by atoms with E-state index in [0.29, 0.717) is 27.7 Å². The monoisotopic (exact) mass is 476 g/mol. The molecule has 0 saturated carbocycles. The van der Waals surface area contributed by atoms with Gasteiger partial charge in [0.25, 0.3) is 0 Å². The molecule has 0 saturated heterocycles. The molecule has 1 atom stereocenters. The number of carbonyl (C=O) groups is 1. The highest BCUT2D eigenvalue weighted by atomic mass is 35.5. The molecule has 2 aromatic rings. The van der Waals surface area contributed by atoms with Gasteiger partial charge in [0.2, 0.25) is 11.7 Å². The standard InChI is InChI=1S/C21H17ClF3N7O/c1-21(2)14-17(26)28-19(29-18(14)30-20(21)33)16-12-5-6-31(22)8-32(12)13(27-16)7-9-10(23)3-4-11(24)15(9)25/h3-6H,7-8H2,1-2H3,(H3,26,28,29,30,33)/p+1. The van der Waals surface area contributed by atoms with E-state index in [1.807, 2.05) is 0 Å². The van der Waals surface area contributed by atoms with Crippen molar-refractivity contribution in [3.8, 4) is 0 Å². The van der Waals surface area contributed by atoms with Gasteiger partial charge in [-0.2, -0.15) is 4.99 Å². The van der Waals surface area contributed by atoms with Crippen LogP contribution in [0.2, 0.25) is 0 Å². The number of amides is 1. The second-order valence-electron chi connectivity index (χ2n) is 8.41. The Morgan fingerprint density at radius 3 is 2.73 bits per heavy atom. The number of hydrogen-bond donors (Lipinski definition) is 3. The van der Waals surface area contributed by atoms with Crippen LogP contribution in [0.1, 0.15) is 30.8 Å². The number of allylic oxidation sites excluding steroid dienone is 1. The third-order valence-electron chi connectivity index (χ3n) is 5.94. The highest BCUT2D eigenvalue weighted by molar-refractivity contribution is 6.14. The molecule has 8 nitrogen and oxygen atoms in total. The Kier molecular flexibility index (Phi) is 4.73. The molecule has 0 spiro atoms. The first-order valence-electron chi connectivity index (χ1n) is 9.99. The van der Waals surface area contributed by atoms with Gasteiger partial charge in [0.15, 0.2) is 35.5 Å². The summed E-state index contributed by atoms with van der Waals surface area (Å²) in [6.45, 7) is 3.63. The number of nitrogens with zero attached hydrogens (tertiary/aromatic N) is 4. The van der Waals surface area contributed by atoms with Crippen molar-refractivity contribution in [3.63, 3.8) is 0 Å². The molecular weight excluding hydrogens is 459 g/mol. The van der Waals surface area contributed by atoms with Gasteiger partial charge in [-0.3, -0.25) is 4.79 Å². The van der Waals surface area contributed by atoms with Crippen LogP contribution < -0.4 is 16.0 Å². The number of hydrogen-bond acceptors (Lipinski definition) is 6. The van der Waals surface area contributed by atoms with Gasteiger partial charge in [0.1, 0.15) is 17.5 Å². The van der Waals surface area contributed by atoms with Crippen LogP contribution in [0.4, 0.5) is 24.8 Å². The highest BCUT2D eigenvalue weighted by Crippen LogP contribution is 2.40. The highest BCUT2D eigenvalue weighted by Gasteiger charge is 2.43. The summed E-state index contributed by atoms with van der Waals surface area (Å²) in [5.74, 6) is -2.73. The van der Waals surface area contributed by atoms with E-state index in [0.717, 1.165) is 12.1 Å². The first-order chi connectivity index (χ1) is 15.6. The SMILES string of the molecule is CC1(C)C(=O)Nc2nc(C3=C4C=CN(Cl)C[NH+]4C(Cc4c(F)ccc(F)c4F)=N3)nc(N)c21. The van der Waals surface area contributed by atoms with Crippen LogP contribution in [0, 0.1) is 17.5 Å². The van der Waals surface area contributed by atoms with Crippen molar-refractivity contribution in [3.05, 3.63) is 64.5 Å². The minimum absolute atomic E-state index is 0.123. The second-order valence-corrected chi connectivity index (χ2v) is 8.84. The zero-order chi connectivity index (χ0) is 23.7. The summed E-state index contributed by atoms with van der Waals surface area (Å²) >= 11 is 6.12. The Balaban J connectivity index is 1.61. The summed E-state index contributed by atoms with van der Waals surface area (Å²) in [6, 6.07) is 1.60. The lowest BCUT2D eigenvalue weighted by Crippen LogP contribution is -3.13. The molecule has 3 aliphatic rings. The number of aliphatic imine (C=N–C) groups is 1. The molecule has 0 aliphatic carbocycles. The first-order valence-corrected chi connectivity index (χ1v) is 10.3. The number of amidine groups is 1. The van der Waals surface area contributed by atoms with E-state index in [1.54, 1.807) is 26.1 Å². The molecule has 1 aromatic heterocycles. The molecule has 4 N–H and O–H groups in total. The van der Waals surface area contributed by atoms with Crippen molar-refractivity contribution in [1.29, 1.82) is 0 Å². The summed E-state index contributed by atoms with van der Waals surface area (Å²) in [4.78, 5) is 26.3. The summed E-state index contributed by atoms with van der Waals surface area (Å²) in [5, 5.41) is 2.71. The molecule has 1 aromatic carbocycles. The van der Waals surface area contributed by atoms with E-state index in [2.05, 4.69) is 20.3 Å². The number of carbonyl (C=O) groups excluding carboxylic acids is 1. The summed E-state index contributed by atoms with van der Waals surface area (Å²) < 4.78 is 43.7. The van der Waals surface area contributed by atoms with Gasteiger partial charge in [-0.05, 0) is 26.0 Å². The average molecular weight is 477 g/mol. The minimum Gasteiger partial charge on any atom is -0.383 e. The Hall–Kier alpha value is -3.44. The van der Waals surface area contributed by atoms with E-state index in [9.17, 15) is 18.0 Å². The van der Waals surface area contributed by atoms with Crippen LogP contribution in [0.5, 0.6) is 0 Å². The lowest BCUT2D eigenvalue weighted by atomic mass is 9.87. The fraction of sp³-hybridized carbons (Fsp3) is 0.238. The quantitative estimate of drug-likeness (QED) is 0.464. The Morgan fingerprint density at radius 1 is 1.24 bits per heavy atom. The van der Waals surface area contributed by atoms with E-state index in [1.165, 1.54) is 4.42 Å². The van der Waals surface area contributed by atoms with Crippen LogP contribution in [0.3, 0.4) is 0 Å². The molecule has 170 valence electrons. The number of anilines is 2. The van der Waals surface area contributed by atoms with E-state index in [-0.39, 0.29) is 36.5 Å². The number of aromatic nitrogens is 2. The zero-order valence-electron chi connectivity index (χ0n) is 17.5. The minimum atomic E-state index is -1.27. The molecule has 0 radical (unpaired) electrons. The number of fused-ring (bicyclic) bond motifs is 2. The van der Waals surface area contributed by atoms with Crippen molar-refractivity contribution in [1.82, 2.24) is 14.4 Å². The molecule has 3 aliphatic heterocycles. The molecule has 5 rings (SSSR count). The average Bonchev–Trinajstić information content (AvgIpc) is 3.22. The van der Waals surface area contributed by atoms with Gasteiger partial charge in [0.05, 0.1) is 17.4 Å². The molecule has 4 heterocycles.